The molecule has 6 unspecified atom stereocenters. The number of hydrogen-bond donors (Lipinski definition) is 4. The Hall–Kier alpha value is -2.63. The van der Waals surface area contributed by atoms with Crippen LogP contribution in [0.5, 0.6) is 0 Å². The van der Waals surface area contributed by atoms with E-state index in [1.54, 1.807) is 0 Å². The summed E-state index contributed by atoms with van der Waals surface area (Å²) in [5.74, 6) is -0.319. The number of unbranched alkanes of at least 4 members (excludes halogenated alkanes) is 26. The molecule has 9 heteroatoms. The fourth-order valence-corrected chi connectivity index (χ4v) is 8.73. The van der Waals surface area contributed by atoms with Crippen molar-refractivity contribution in [3.63, 3.8) is 0 Å². The molecule has 0 aromatic rings. The first-order valence-corrected chi connectivity index (χ1v) is 29.7. The molecule has 416 valence electrons. The van der Waals surface area contributed by atoms with Crippen molar-refractivity contribution in [1.29, 1.82) is 0 Å². The number of carbonyl (C=O) groups excluding carboxylic acids is 1. The van der Waals surface area contributed by atoms with Gasteiger partial charge in [-0.2, -0.15) is 0 Å². The summed E-state index contributed by atoms with van der Waals surface area (Å²) in [6.07, 6.45) is 66.3. The van der Waals surface area contributed by atoms with Crippen LogP contribution in [0.4, 0.5) is 0 Å². The highest BCUT2D eigenvalue weighted by Crippen LogP contribution is 2.23. The molecular formula is C63H110O9. The second kappa shape index (κ2) is 53.2. The largest absolute Gasteiger partial charge is 0.457 e. The van der Waals surface area contributed by atoms with Gasteiger partial charge in [-0.1, -0.05) is 234 Å². The van der Waals surface area contributed by atoms with Gasteiger partial charge in [0.15, 0.2) is 6.29 Å². The predicted molar refractivity (Wildman–Crippen MR) is 302 cm³/mol. The molecule has 1 rings (SSSR count). The average Bonchev–Trinajstić information content (AvgIpc) is 3.38. The number of ether oxygens (including phenoxy) is 4. The zero-order valence-electron chi connectivity index (χ0n) is 46.2. The Morgan fingerprint density at radius 2 is 0.847 bits per heavy atom. The Kier molecular flexibility index (Phi) is 49.8. The van der Waals surface area contributed by atoms with Crippen LogP contribution in [0.25, 0.3) is 0 Å². The van der Waals surface area contributed by atoms with Crippen molar-refractivity contribution in [2.45, 2.75) is 282 Å². The summed E-state index contributed by atoms with van der Waals surface area (Å²) < 4.78 is 23.0. The van der Waals surface area contributed by atoms with Gasteiger partial charge in [0.2, 0.25) is 0 Å². The summed E-state index contributed by atoms with van der Waals surface area (Å²) in [6, 6.07) is 0. The van der Waals surface area contributed by atoms with E-state index in [0.717, 1.165) is 70.6 Å². The highest BCUT2D eigenvalue weighted by molar-refractivity contribution is 5.69. The van der Waals surface area contributed by atoms with Crippen LogP contribution >= 0.6 is 0 Å². The van der Waals surface area contributed by atoms with Gasteiger partial charge in [0, 0.05) is 13.0 Å². The molecule has 1 fully saturated rings. The third kappa shape index (κ3) is 42.7. The molecule has 0 amide bonds. The van der Waals surface area contributed by atoms with Crippen molar-refractivity contribution < 1.29 is 44.2 Å². The van der Waals surface area contributed by atoms with Gasteiger partial charge >= 0.3 is 5.97 Å². The van der Waals surface area contributed by atoms with Crippen molar-refractivity contribution in [3.8, 4) is 0 Å². The Labute approximate surface area is 441 Å². The van der Waals surface area contributed by atoms with Gasteiger partial charge in [-0.05, 0) is 89.9 Å². The summed E-state index contributed by atoms with van der Waals surface area (Å²) in [5.41, 5.74) is 0. The SMILES string of the molecule is CC/C=C\C/C=C\C/C=C\C/C=C\CCCCCCCCCCCCCOCC(COC1OC(CO)C(O)C(O)C1O)OC(=O)CCCCCCCCCCCC/C=C\C/C=C\C/C=C\CCCCCCC. The number of aliphatic hydroxyl groups is 4. The smallest absolute Gasteiger partial charge is 0.306 e. The van der Waals surface area contributed by atoms with Crippen molar-refractivity contribution in [1.82, 2.24) is 0 Å². The number of esters is 1. The molecule has 4 N–H and O–H groups in total. The van der Waals surface area contributed by atoms with E-state index in [1.165, 1.54) is 154 Å². The second-order valence-corrected chi connectivity index (χ2v) is 20.1. The first-order valence-electron chi connectivity index (χ1n) is 29.7. The standard InChI is InChI=1S/C63H110O9/c1-3-5-7-9-11-13-15-17-19-21-23-25-27-29-30-32-34-36-38-40-42-44-46-48-50-52-59(65)71-57(56-70-63-62(68)61(67)60(66)58(54-64)72-63)55-69-53-51-49-47-45-43-41-39-37-35-33-31-28-26-24-22-20-18-16-14-12-10-8-6-4-2/h6,8,12,14-15,17-18,20-21,23-24,26-27,29,57-58,60-64,66-68H,3-5,7,9-11,13,16,19,22,25,28,30-56H2,1-2H3/b8-6-,14-12-,17-15-,20-18-,23-21-,26-24-,29-27-. The lowest BCUT2D eigenvalue weighted by Crippen LogP contribution is -2.59. The van der Waals surface area contributed by atoms with Gasteiger partial charge in [0.05, 0.1) is 19.8 Å². The summed E-state index contributed by atoms with van der Waals surface area (Å²) in [7, 11) is 0. The molecule has 72 heavy (non-hydrogen) atoms. The van der Waals surface area contributed by atoms with E-state index < -0.39 is 43.4 Å². The minimum atomic E-state index is -1.54. The zero-order valence-corrected chi connectivity index (χ0v) is 46.2. The fourth-order valence-electron chi connectivity index (χ4n) is 8.73. The Morgan fingerprint density at radius 3 is 1.28 bits per heavy atom. The average molecular weight is 1010 g/mol. The molecule has 0 aromatic carbocycles. The third-order valence-electron chi connectivity index (χ3n) is 13.3. The maximum atomic E-state index is 12.9. The Balaban J connectivity index is 2.16. The molecule has 0 aliphatic carbocycles. The van der Waals surface area contributed by atoms with E-state index in [9.17, 15) is 25.2 Å². The minimum Gasteiger partial charge on any atom is -0.457 e. The number of hydrogen-bond acceptors (Lipinski definition) is 9. The number of allylic oxidation sites excluding steroid dienone is 14. The normalized spacial score (nSPS) is 19.3. The van der Waals surface area contributed by atoms with Crippen molar-refractivity contribution in [3.05, 3.63) is 85.1 Å². The van der Waals surface area contributed by atoms with E-state index in [0.29, 0.717) is 13.0 Å². The van der Waals surface area contributed by atoms with Crippen LogP contribution in [0.2, 0.25) is 0 Å². The molecule has 0 spiro atoms. The van der Waals surface area contributed by atoms with E-state index >= 15 is 0 Å². The van der Waals surface area contributed by atoms with Crippen LogP contribution in [0.15, 0.2) is 85.1 Å². The Morgan fingerprint density at radius 1 is 0.458 bits per heavy atom. The molecule has 0 aromatic heterocycles. The number of rotatable bonds is 51. The molecule has 9 nitrogen and oxygen atoms in total. The monoisotopic (exact) mass is 1010 g/mol. The van der Waals surface area contributed by atoms with E-state index in [2.05, 4.69) is 98.9 Å². The van der Waals surface area contributed by atoms with Crippen LogP contribution < -0.4 is 0 Å². The highest BCUT2D eigenvalue weighted by atomic mass is 16.7. The van der Waals surface area contributed by atoms with Gasteiger partial charge in [-0.25, -0.2) is 0 Å². The first kappa shape index (κ1) is 67.4. The van der Waals surface area contributed by atoms with Gasteiger partial charge in [-0.15, -0.1) is 0 Å². The van der Waals surface area contributed by atoms with Gasteiger partial charge in [0.25, 0.3) is 0 Å². The summed E-state index contributed by atoms with van der Waals surface area (Å²) >= 11 is 0. The van der Waals surface area contributed by atoms with Crippen LogP contribution in [0.3, 0.4) is 0 Å². The highest BCUT2D eigenvalue weighted by Gasteiger charge is 2.44. The lowest BCUT2D eigenvalue weighted by Gasteiger charge is -2.39. The lowest BCUT2D eigenvalue weighted by atomic mass is 9.99. The fraction of sp³-hybridized carbons (Fsp3) is 0.762. The van der Waals surface area contributed by atoms with Gasteiger partial charge in [-0.3, -0.25) is 4.79 Å². The molecule has 1 saturated heterocycles. The Bertz CT molecular complexity index is 1380. The van der Waals surface area contributed by atoms with Crippen LogP contribution in [-0.4, -0.2) is 89.6 Å². The van der Waals surface area contributed by atoms with Crippen LogP contribution in [0.1, 0.15) is 245 Å². The number of aliphatic hydroxyl groups excluding tert-OH is 4. The van der Waals surface area contributed by atoms with Gasteiger partial charge < -0.3 is 39.4 Å². The van der Waals surface area contributed by atoms with Crippen LogP contribution in [0, 0.1) is 0 Å². The lowest BCUT2D eigenvalue weighted by molar-refractivity contribution is -0.305. The van der Waals surface area contributed by atoms with Crippen LogP contribution in [-0.2, 0) is 23.7 Å². The molecule has 1 aliphatic heterocycles. The molecule has 0 bridgehead atoms. The van der Waals surface area contributed by atoms with E-state index in [1.807, 2.05) is 0 Å². The van der Waals surface area contributed by atoms with Crippen molar-refractivity contribution in [2.24, 2.45) is 0 Å². The summed E-state index contributed by atoms with van der Waals surface area (Å²) in [5, 5.41) is 40.4. The zero-order chi connectivity index (χ0) is 52.1. The molecular weight excluding hydrogens is 901 g/mol. The quantitative estimate of drug-likeness (QED) is 0.0267. The number of carbonyl (C=O) groups is 1. The molecule has 6 atom stereocenters. The van der Waals surface area contributed by atoms with Crippen molar-refractivity contribution >= 4 is 5.97 Å². The molecule has 0 saturated carbocycles. The van der Waals surface area contributed by atoms with Crippen molar-refractivity contribution in [2.75, 3.05) is 26.4 Å². The van der Waals surface area contributed by atoms with Gasteiger partial charge in [0.1, 0.15) is 30.5 Å². The summed E-state index contributed by atoms with van der Waals surface area (Å²) in [6.45, 7) is 4.44. The topological polar surface area (TPSA) is 135 Å². The second-order valence-electron chi connectivity index (χ2n) is 20.1. The predicted octanol–water partition coefficient (Wildman–Crippen LogP) is 15.7. The maximum Gasteiger partial charge on any atom is 0.306 e. The first-order chi connectivity index (χ1) is 35.4. The molecule has 0 radical (unpaired) electrons. The third-order valence-corrected chi connectivity index (χ3v) is 13.3. The molecule has 1 heterocycles. The molecule has 1 aliphatic rings. The van der Waals surface area contributed by atoms with E-state index in [4.69, 9.17) is 18.9 Å². The minimum absolute atomic E-state index is 0.119. The van der Waals surface area contributed by atoms with E-state index in [-0.39, 0.29) is 19.2 Å². The maximum absolute atomic E-state index is 12.9. The summed E-state index contributed by atoms with van der Waals surface area (Å²) in [4.78, 5) is 12.9.